The van der Waals surface area contributed by atoms with Crippen LogP contribution >= 0.6 is 23.1 Å². The predicted octanol–water partition coefficient (Wildman–Crippen LogP) is 6.69. The summed E-state index contributed by atoms with van der Waals surface area (Å²) in [6.45, 7) is 6.15. The Morgan fingerprint density at radius 3 is 2.77 bits per heavy atom. The van der Waals surface area contributed by atoms with E-state index in [1.54, 1.807) is 34.6 Å². The molecule has 0 fully saturated rings. The van der Waals surface area contributed by atoms with Gasteiger partial charge in [-0.1, -0.05) is 48.2 Å². The first-order chi connectivity index (χ1) is 17.0. The zero-order valence-electron chi connectivity index (χ0n) is 18.8. The summed E-state index contributed by atoms with van der Waals surface area (Å²) in [5.74, 6) is 0. The van der Waals surface area contributed by atoms with E-state index in [0.29, 0.717) is 16.9 Å². The molecule has 0 unspecified atom stereocenters. The number of aromatic nitrogens is 1. The van der Waals surface area contributed by atoms with Crippen LogP contribution in [0, 0.1) is 10.1 Å². The number of nitrogens with zero attached hydrogens (tertiary/aromatic N) is 4. The van der Waals surface area contributed by atoms with Crippen molar-refractivity contribution in [3.05, 3.63) is 105 Å². The summed E-state index contributed by atoms with van der Waals surface area (Å²) in [6, 6.07) is 21.0. The normalized spacial score (nSPS) is 13.1. The van der Waals surface area contributed by atoms with Crippen molar-refractivity contribution < 1.29 is 4.92 Å². The van der Waals surface area contributed by atoms with Gasteiger partial charge >= 0.3 is 0 Å². The molecule has 0 saturated heterocycles. The van der Waals surface area contributed by atoms with E-state index in [1.165, 1.54) is 22.3 Å². The molecule has 9 heteroatoms. The average Bonchev–Trinajstić information content (AvgIpc) is 3.27. The number of benzene rings is 3. The first-order valence-electron chi connectivity index (χ1n) is 10.8. The van der Waals surface area contributed by atoms with Gasteiger partial charge in [0.15, 0.2) is 0 Å². The molecule has 5 rings (SSSR count). The van der Waals surface area contributed by atoms with Gasteiger partial charge in [0.05, 0.1) is 34.2 Å². The maximum Gasteiger partial charge on any atom is 0.270 e. The van der Waals surface area contributed by atoms with Gasteiger partial charge in [-0.05, 0) is 36.8 Å². The summed E-state index contributed by atoms with van der Waals surface area (Å²) in [7, 11) is 0. The maximum atomic E-state index is 11.3. The molecule has 0 atom stereocenters. The molecule has 35 heavy (non-hydrogen) atoms. The molecule has 0 radical (unpaired) electrons. The van der Waals surface area contributed by atoms with Gasteiger partial charge in [0.2, 0.25) is 4.80 Å². The number of anilines is 2. The Morgan fingerprint density at radius 2 is 1.94 bits per heavy atom. The molecule has 0 spiro atoms. The van der Waals surface area contributed by atoms with Gasteiger partial charge in [-0.25, -0.2) is 4.68 Å². The summed E-state index contributed by atoms with van der Waals surface area (Å²) in [5.41, 5.74) is 5.35. The fourth-order valence-electron chi connectivity index (χ4n) is 3.70. The molecule has 1 aliphatic rings. The molecule has 174 valence electrons. The third-order valence-corrected chi connectivity index (χ3v) is 7.42. The highest BCUT2D eigenvalue weighted by Gasteiger charge is 2.17. The minimum atomic E-state index is -0.395. The third-order valence-electron chi connectivity index (χ3n) is 5.42. The summed E-state index contributed by atoms with van der Waals surface area (Å²) in [4.78, 5) is 18.5. The fourth-order valence-corrected chi connectivity index (χ4v) is 5.51. The van der Waals surface area contributed by atoms with E-state index in [4.69, 9.17) is 5.10 Å². The summed E-state index contributed by atoms with van der Waals surface area (Å²) < 4.78 is 1.75. The first kappa shape index (κ1) is 22.8. The number of hydrogen-bond acceptors (Lipinski definition) is 7. The summed E-state index contributed by atoms with van der Waals surface area (Å²) in [6.07, 6.45) is 1.72. The average molecular weight is 500 g/mol. The summed E-state index contributed by atoms with van der Waals surface area (Å²) in [5, 5.41) is 21.6. The van der Waals surface area contributed by atoms with Crippen molar-refractivity contribution in [2.75, 3.05) is 11.9 Å². The van der Waals surface area contributed by atoms with Gasteiger partial charge in [-0.3, -0.25) is 15.1 Å². The molecule has 0 aliphatic carbocycles. The molecule has 2 heterocycles. The molecule has 3 aromatic carbocycles. The second kappa shape index (κ2) is 9.73. The molecule has 4 aromatic rings. The number of para-hydroxylation sites is 1. The van der Waals surface area contributed by atoms with Crippen LogP contribution < -0.4 is 10.1 Å². The van der Waals surface area contributed by atoms with E-state index in [0.717, 1.165) is 33.2 Å². The third kappa shape index (κ3) is 4.68. The first-order valence-corrected chi connectivity index (χ1v) is 12.5. The molecule has 7 nitrogen and oxygen atoms in total. The van der Waals surface area contributed by atoms with Crippen molar-refractivity contribution in [2.45, 2.75) is 16.7 Å². The Morgan fingerprint density at radius 1 is 1.11 bits per heavy atom. The molecule has 0 amide bonds. The number of nitro benzene ring substituents is 1. The quantitative estimate of drug-likeness (QED) is 0.122. The standard InChI is InChI=1S/C26H21N5O2S2/c1-3-13-27-26-30(23(16-34-26)19-7-6-8-20(14-19)31(32)33)29-17(2)18-11-12-25-22(15-18)28-21-9-4-5-10-24(21)35-25/h3-12,14-16,28H,1,13H2,2H3. The highest BCUT2D eigenvalue weighted by molar-refractivity contribution is 7.99. The number of nitro groups is 1. The van der Waals surface area contributed by atoms with Crippen LogP contribution in [0.2, 0.25) is 0 Å². The highest BCUT2D eigenvalue weighted by Crippen LogP contribution is 2.44. The Labute approximate surface area is 210 Å². The highest BCUT2D eigenvalue weighted by atomic mass is 32.2. The molecule has 0 bridgehead atoms. The van der Waals surface area contributed by atoms with Crippen molar-refractivity contribution in [3.8, 4) is 11.3 Å². The van der Waals surface area contributed by atoms with E-state index in [1.807, 2.05) is 30.5 Å². The van der Waals surface area contributed by atoms with Crippen LogP contribution in [0.4, 0.5) is 17.1 Å². The van der Waals surface area contributed by atoms with Crippen LogP contribution in [-0.4, -0.2) is 21.9 Å². The lowest BCUT2D eigenvalue weighted by molar-refractivity contribution is -0.384. The molecule has 1 aliphatic heterocycles. The SMILES string of the molecule is C=CCN=c1scc(-c2cccc([N+](=O)[O-])c2)n1N=C(C)c1ccc2c(c1)Nc1ccccc1S2. The number of nitrogens with one attached hydrogen (secondary N) is 1. The minimum absolute atomic E-state index is 0.0316. The lowest BCUT2D eigenvalue weighted by atomic mass is 10.1. The largest absolute Gasteiger partial charge is 0.354 e. The van der Waals surface area contributed by atoms with Crippen LogP contribution in [0.15, 0.2) is 105 Å². The van der Waals surface area contributed by atoms with Gasteiger partial charge in [0.25, 0.3) is 5.69 Å². The zero-order chi connectivity index (χ0) is 24.4. The van der Waals surface area contributed by atoms with E-state index in [2.05, 4.69) is 47.2 Å². The van der Waals surface area contributed by atoms with Crippen LogP contribution in [0.25, 0.3) is 11.3 Å². The molecular formula is C26H21N5O2S2. The Kier molecular flexibility index (Phi) is 6.35. The number of non-ortho nitro benzene ring substituents is 1. The van der Waals surface area contributed by atoms with E-state index >= 15 is 0 Å². The van der Waals surface area contributed by atoms with Crippen molar-refractivity contribution in [1.82, 2.24) is 4.68 Å². The second-order valence-corrected chi connectivity index (χ2v) is 9.69. The minimum Gasteiger partial charge on any atom is -0.354 e. The van der Waals surface area contributed by atoms with Crippen LogP contribution in [-0.2, 0) is 0 Å². The van der Waals surface area contributed by atoms with Crippen molar-refractivity contribution in [1.29, 1.82) is 0 Å². The monoisotopic (exact) mass is 499 g/mol. The fraction of sp³-hybridized carbons (Fsp3) is 0.0769. The molecule has 0 saturated carbocycles. The van der Waals surface area contributed by atoms with E-state index in [-0.39, 0.29) is 5.69 Å². The van der Waals surface area contributed by atoms with Crippen molar-refractivity contribution in [3.63, 3.8) is 0 Å². The smallest absolute Gasteiger partial charge is 0.270 e. The van der Waals surface area contributed by atoms with Crippen LogP contribution in [0.1, 0.15) is 12.5 Å². The van der Waals surface area contributed by atoms with Crippen LogP contribution in [0.5, 0.6) is 0 Å². The number of hydrogen-bond donors (Lipinski definition) is 1. The lowest BCUT2D eigenvalue weighted by Gasteiger charge is -2.21. The molecule has 1 aromatic heterocycles. The second-order valence-electron chi connectivity index (χ2n) is 7.77. The Hall–Kier alpha value is -3.95. The molecular weight excluding hydrogens is 478 g/mol. The van der Waals surface area contributed by atoms with Gasteiger partial charge in [-0.2, -0.15) is 5.10 Å². The topological polar surface area (TPSA) is 84.8 Å². The van der Waals surface area contributed by atoms with Gasteiger partial charge in [0.1, 0.15) is 0 Å². The number of fused-ring (bicyclic) bond motifs is 2. The summed E-state index contributed by atoms with van der Waals surface area (Å²) >= 11 is 3.17. The van der Waals surface area contributed by atoms with Crippen LogP contribution in [0.3, 0.4) is 0 Å². The van der Waals surface area contributed by atoms with Gasteiger partial charge in [-0.15, -0.1) is 17.9 Å². The number of rotatable bonds is 6. The molecule has 1 N–H and O–H groups in total. The zero-order valence-corrected chi connectivity index (χ0v) is 20.5. The van der Waals surface area contributed by atoms with E-state index < -0.39 is 4.92 Å². The Balaban J connectivity index is 1.56. The lowest BCUT2D eigenvalue weighted by Crippen LogP contribution is -2.14. The predicted molar refractivity (Wildman–Crippen MR) is 143 cm³/mol. The Bertz CT molecular complexity index is 1550. The number of thiazole rings is 1. The van der Waals surface area contributed by atoms with Crippen molar-refractivity contribution in [2.24, 2.45) is 10.1 Å². The van der Waals surface area contributed by atoms with Gasteiger partial charge in [0, 0.05) is 32.9 Å². The van der Waals surface area contributed by atoms with Gasteiger partial charge < -0.3 is 5.32 Å². The maximum absolute atomic E-state index is 11.3. The van der Waals surface area contributed by atoms with E-state index in [9.17, 15) is 10.1 Å². The van der Waals surface area contributed by atoms with Crippen molar-refractivity contribution >= 4 is 45.9 Å².